The molecule has 0 aliphatic carbocycles. The average Bonchev–Trinajstić information content (AvgIpc) is 3.26. The first-order valence-corrected chi connectivity index (χ1v) is 8.42. The number of amides is 1. The average molecular weight is 341 g/mol. The van der Waals surface area contributed by atoms with Gasteiger partial charge in [0.15, 0.2) is 0 Å². The van der Waals surface area contributed by atoms with Gasteiger partial charge in [0.05, 0.1) is 13.2 Å². The van der Waals surface area contributed by atoms with Crippen LogP contribution in [0.4, 0.5) is 5.69 Å². The fourth-order valence-corrected chi connectivity index (χ4v) is 3.39. The molecule has 130 valence electrons. The van der Waals surface area contributed by atoms with E-state index in [4.69, 9.17) is 13.9 Å². The van der Waals surface area contributed by atoms with Gasteiger partial charge in [-0.25, -0.2) is 4.79 Å². The SMILES string of the molecule is Cc1cc(C2CCOC2)oc(=O)c1C(=O)Nc1cccc2c1CCO2. The van der Waals surface area contributed by atoms with Gasteiger partial charge in [0.25, 0.3) is 5.91 Å². The maximum Gasteiger partial charge on any atom is 0.349 e. The van der Waals surface area contributed by atoms with Crippen LogP contribution in [-0.2, 0) is 11.2 Å². The number of hydrogen-bond acceptors (Lipinski definition) is 5. The molecule has 1 aromatic heterocycles. The van der Waals surface area contributed by atoms with E-state index in [1.807, 2.05) is 18.2 Å². The molecule has 1 N–H and O–H groups in total. The lowest BCUT2D eigenvalue weighted by atomic mass is 10.0. The van der Waals surface area contributed by atoms with Crippen LogP contribution in [0.3, 0.4) is 0 Å². The maximum atomic E-state index is 12.7. The van der Waals surface area contributed by atoms with Crippen molar-refractivity contribution < 1.29 is 18.7 Å². The zero-order valence-electron chi connectivity index (χ0n) is 14.0. The quantitative estimate of drug-likeness (QED) is 0.928. The van der Waals surface area contributed by atoms with Crippen LogP contribution in [0.15, 0.2) is 33.5 Å². The van der Waals surface area contributed by atoms with Crippen molar-refractivity contribution in [1.82, 2.24) is 0 Å². The highest BCUT2D eigenvalue weighted by Gasteiger charge is 2.25. The summed E-state index contributed by atoms with van der Waals surface area (Å²) in [6.07, 6.45) is 1.56. The molecule has 1 saturated heterocycles. The zero-order chi connectivity index (χ0) is 17.4. The second-order valence-electron chi connectivity index (χ2n) is 6.39. The standard InChI is InChI=1S/C19H19NO5/c1-11-9-16(12-5-7-23-10-12)25-19(22)17(11)18(21)20-14-3-2-4-15-13(14)6-8-24-15/h2-4,9,12H,5-8,10H2,1H3,(H,20,21). The van der Waals surface area contributed by atoms with Crippen molar-refractivity contribution >= 4 is 11.6 Å². The highest BCUT2D eigenvalue weighted by Crippen LogP contribution is 2.32. The van der Waals surface area contributed by atoms with E-state index < -0.39 is 11.5 Å². The van der Waals surface area contributed by atoms with Crippen molar-refractivity contribution in [3.8, 4) is 5.75 Å². The Bertz CT molecular complexity index is 880. The second-order valence-corrected chi connectivity index (χ2v) is 6.39. The van der Waals surface area contributed by atoms with Gasteiger partial charge in [-0.3, -0.25) is 4.79 Å². The van der Waals surface area contributed by atoms with E-state index in [-0.39, 0.29) is 11.5 Å². The molecule has 0 saturated carbocycles. The molecule has 25 heavy (non-hydrogen) atoms. The number of ether oxygens (including phenoxy) is 2. The van der Waals surface area contributed by atoms with Gasteiger partial charge < -0.3 is 19.2 Å². The minimum Gasteiger partial charge on any atom is -0.493 e. The molecule has 0 radical (unpaired) electrons. The van der Waals surface area contributed by atoms with E-state index in [1.54, 1.807) is 13.0 Å². The summed E-state index contributed by atoms with van der Waals surface area (Å²) in [5.74, 6) is 0.988. The lowest BCUT2D eigenvalue weighted by Crippen LogP contribution is -2.24. The van der Waals surface area contributed by atoms with E-state index in [1.165, 1.54) is 0 Å². The smallest absolute Gasteiger partial charge is 0.349 e. The van der Waals surface area contributed by atoms with Crippen LogP contribution in [0.25, 0.3) is 0 Å². The summed E-state index contributed by atoms with van der Waals surface area (Å²) in [4.78, 5) is 25.0. The van der Waals surface area contributed by atoms with E-state index >= 15 is 0 Å². The van der Waals surface area contributed by atoms with Crippen LogP contribution in [0.2, 0.25) is 0 Å². The molecule has 6 heteroatoms. The van der Waals surface area contributed by atoms with E-state index in [0.717, 1.165) is 24.2 Å². The highest BCUT2D eigenvalue weighted by molar-refractivity contribution is 6.05. The topological polar surface area (TPSA) is 77.8 Å². The number of benzene rings is 1. The normalized spacial score (nSPS) is 18.7. The fraction of sp³-hybridized carbons (Fsp3) is 0.368. The minimum atomic E-state index is -0.608. The molecule has 1 aromatic carbocycles. The molecule has 2 aliphatic rings. The van der Waals surface area contributed by atoms with Crippen LogP contribution in [0.5, 0.6) is 5.75 Å². The van der Waals surface area contributed by atoms with Crippen molar-refractivity contribution in [3.63, 3.8) is 0 Å². The Morgan fingerprint density at radius 2 is 2.16 bits per heavy atom. The summed E-state index contributed by atoms with van der Waals surface area (Å²) < 4.78 is 16.2. The number of nitrogens with one attached hydrogen (secondary N) is 1. The summed E-state index contributed by atoms with van der Waals surface area (Å²) in [6.45, 7) is 3.56. The van der Waals surface area contributed by atoms with Gasteiger partial charge in [0, 0.05) is 30.2 Å². The fourth-order valence-electron chi connectivity index (χ4n) is 3.39. The molecule has 1 amide bonds. The molecule has 6 nitrogen and oxygen atoms in total. The molecule has 0 spiro atoms. The lowest BCUT2D eigenvalue weighted by Gasteiger charge is -2.12. The van der Waals surface area contributed by atoms with Gasteiger partial charge in [-0.05, 0) is 37.1 Å². The molecule has 4 rings (SSSR count). The molecule has 0 bridgehead atoms. The van der Waals surface area contributed by atoms with E-state index in [9.17, 15) is 9.59 Å². The molecule has 1 fully saturated rings. The summed E-state index contributed by atoms with van der Waals surface area (Å²) in [5, 5.41) is 2.83. The van der Waals surface area contributed by atoms with Crippen molar-refractivity contribution in [2.45, 2.75) is 25.7 Å². The number of rotatable bonds is 3. The molecule has 1 atom stereocenters. The van der Waals surface area contributed by atoms with Crippen LogP contribution in [0, 0.1) is 6.92 Å². The number of anilines is 1. The molecular weight excluding hydrogens is 322 g/mol. The first-order chi connectivity index (χ1) is 12.1. The number of aryl methyl sites for hydroxylation is 1. The van der Waals surface area contributed by atoms with Crippen LogP contribution >= 0.6 is 0 Å². The van der Waals surface area contributed by atoms with Gasteiger partial charge in [-0.15, -0.1) is 0 Å². The third-order valence-electron chi connectivity index (χ3n) is 4.72. The predicted molar refractivity (Wildman–Crippen MR) is 91.5 cm³/mol. The Morgan fingerprint density at radius 3 is 2.92 bits per heavy atom. The maximum absolute atomic E-state index is 12.7. The highest BCUT2D eigenvalue weighted by atomic mass is 16.5. The third-order valence-corrected chi connectivity index (χ3v) is 4.72. The van der Waals surface area contributed by atoms with Gasteiger partial charge in [0.2, 0.25) is 0 Å². The number of carbonyl (C=O) groups is 1. The summed E-state index contributed by atoms with van der Waals surface area (Å²) in [7, 11) is 0. The summed E-state index contributed by atoms with van der Waals surface area (Å²) in [6, 6.07) is 7.27. The molecule has 2 aliphatic heterocycles. The minimum absolute atomic E-state index is 0.0409. The number of fused-ring (bicyclic) bond motifs is 1. The monoisotopic (exact) mass is 341 g/mol. The van der Waals surface area contributed by atoms with Crippen molar-refractivity contribution in [1.29, 1.82) is 0 Å². The summed E-state index contributed by atoms with van der Waals surface area (Å²) >= 11 is 0. The van der Waals surface area contributed by atoms with Crippen molar-refractivity contribution in [2.75, 3.05) is 25.1 Å². The predicted octanol–water partition coefficient (Wildman–Crippen LogP) is 2.64. The Morgan fingerprint density at radius 1 is 1.28 bits per heavy atom. The Balaban J connectivity index is 1.62. The first kappa shape index (κ1) is 15.9. The first-order valence-electron chi connectivity index (χ1n) is 8.42. The molecule has 2 aromatic rings. The summed E-state index contributed by atoms with van der Waals surface area (Å²) in [5.41, 5.74) is 1.67. The molecular formula is C19H19NO5. The zero-order valence-corrected chi connectivity index (χ0v) is 14.0. The van der Waals surface area contributed by atoms with Crippen LogP contribution in [-0.4, -0.2) is 25.7 Å². The van der Waals surface area contributed by atoms with Crippen molar-refractivity contribution in [3.05, 3.63) is 57.1 Å². The Kier molecular flexibility index (Phi) is 4.05. The van der Waals surface area contributed by atoms with Gasteiger partial charge in [-0.1, -0.05) is 6.07 Å². The second kappa shape index (κ2) is 6.37. The van der Waals surface area contributed by atoms with Gasteiger partial charge in [-0.2, -0.15) is 0 Å². The van der Waals surface area contributed by atoms with Gasteiger partial charge >= 0.3 is 5.63 Å². The largest absolute Gasteiger partial charge is 0.493 e. The van der Waals surface area contributed by atoms with Crippen molar-refractivity contribution in [2.24, 2.45) is 0 Å². The van der Waals surface area contributed by atoms with Crippen LogP contribution < -0.4 is 15.7 Å². The number of carbonyl (C=O) groups excluding carboxylic acids is 1. The lowest BCUT2D eigenvalue weighted by molar-refractivity contribution is 0.102. The van der Waals surface area contributed by atoms with E-state index in [2.05, 4.69) is 5.32 Å². The molecule has 3 heterocycles. The van der Waals surface area contributed by atoms with Gasteiger partial charge in [0.1, 0.15) is 17.1 Å². The Labute approximate surface area is 144 Å². The van der Waals surface area contributed by atoms with Crippen LogP contribution in [0.1, 0.15) is 39.6 Å². The third kappa shape index (κ3) is 2.93. The van der Waals surface area contributed by atoms with E-state index in [0.29, 0.717) is 36.8 Å². The number of hydrogen-bond donors (Lipinski definition) is 1. The Hall–Kier alpha value is -2.60. The molecule has 1 unspecified atom stereocenters.